The number of rotatable bonds is 1. The summed E-state index contributed by atoms with van der Waals surface area (Å²) in [5.41, 5.74) is 0. The Balaban J connectivity index is 2.58. The quantitative estimate of drug-likeness (QED) is 0.387. The lowest BCUT2D eigenvalue weighted by Crippen LogP contribution is -2.37. The molecule has 0 aromatic carbocycles. The zero-order chi connectivity index (χ0) is 8.43. The summed E-state index contributed by atoms with van der Waals surface area (Å²) in [6.45, 7) is 2.06. The van der Waals surface area contributed by atoms with Crippen molar-refractivity contribution < 1.29 is 4.92 Å². The van der Waals surface area contributed by atoms with Crippen molar-refractivity contribution >= 4 is 15.9 Å². The first-order valence-electron chi connectivity index (χ1n) is 3.90. The molecule has 0 aromatic heterocycles. The molecule has 0 bridgehead atoms. The van der Waals surface area contributed by atoms with Crippen molar-refractivity contribution in [2.45, 2.75) is 37.1 Å². The Morgan fingerprint density at radius 1 is 1.55 bits per heavy atom. The highest BCUT2D eigenvalue weighted by atomic mass is 79.9. The van der Waals surface area contributed by atoms with Crippen molar-refractivity contribution in [3.8, 4) is 0 Å². The fourth-order valence-corrected chi connectivity index (χ4v) is 2.29. The second kappa shape index (κ2) is 3.52. The van der Waals surface area contributed by atoms with E-state index in [9.17, 15) is 10.1 Å². The molecular weight excluding hydrogens is 210 g/mol. The van der Waals surface area contributed by atoms with Crippen LogP contribution in [0.2, 0.25) is 0 Å². The van der Waals surface area contributed by atoms with Gasteiger partial charge in [-0.1, -0.05) is 22.9 Å². The molecule has 1 saturated carbocycles. The second-order valence-corrected chi connectivity index (χ2v) is 4.26. The molecule has 3 unspecified atom stereocenters. The molecular formula is C7H12BrNO2. The Kier molecular flexibility index (Phi) is 2.87. The average molecular weight is 222 g/mol. The van der Waals surface area contributed by atoms with Crippen molar-refractivity contribution in [1.29, 1.82) is 0 Å². The van der Waals surface area contributed by atoms with Crippen LogP contribution in [0.25, 0.3) is 0 Å². The largest absolute Gasteiger partial charge is 0.264 e. The molecule has 0 spiro atoms. The van der Waals surface area contributed by atoms with Crippen molar-refractivity contribution in [2.75, 3.05) is 0 Å². The summed E-state index contributed by atoms with van der Waals surface area (Å²) < 4.78 is 0. The molecule has 1 rings (SSSR count). The van der Waals surface area contributed by atoms with E-state index in [0.717, 1.165) is 19.3 Å². The molecule has 1 aliphatic rings. The molecule has 1 fully saturated rings. The highest BCUT2D eigenvalue weighted by Gasteiger charge is 2.36. The number of hydrogen-bond donors (Lipinski definition) is 0. The Labute approximate surface area is 74.4 Å². The first-order chi connectivity index (χ1) is 5.13. The van der Waals surface area contributed by atoms with E-state index in [2.05, 4.69) is 22.9 Å². The van der Waals surface area contributed by atoms with E-state index in [-0.39, 0.29) is 15.8 Å². The number of hydrogen-bond acceptors (Lipinski definition) is 2. The van der Waals surface area contributed by atoms with Crippen LogP contribution in [0, 0.1) is 16.0 Å². The molecule has 4 heteroatoms. The second-order valence-electron chi connectivity index (χ2n) is 3.21. The minimum absolute atomic E-state index is 0.0752. The third-order valence-electron chi connectivity index (χ3n) is 2.34. The van der Waals surface area contributed by atoms with Gasteiger partial charge in [-0.2, -0.15) is 0 Å². The van der Waals surface area contributed by atoms with Crippen molar-refractivity contribution in [3.63, 3.8) is 0 Å². The van der Waals surface area contributed by atoms with Crippen LogP contribution in [-0.2, 0) is 0 Å². The number of nitro groups is 1. The highest BCUT2D eigenvalue weighted by molar-refractivity contribution is 9.09. The van der Waals surface area contributed by atoms with Gasteiger partial charge in [0, 0.05) is 11.3 Å². The Morgan fingerprint density at radius 3 is 2.64 bits per heavy atom. The molecule has 0 radical (unpaired) electrons. The topological polar surface area (TPSA) is 43.1 Å². The van der Waals surface area contributed by atoms with E-state index in [1.54, 1.807) is 0 Å². The molecule has 1 aliphatic carbocycles. The van der Waals surface area contributed by atoms with Gasteiger partial charge in [0.2, 0.25) is 6.04 Å². The van der Waals surface area contributed by atoms with Gasteiger partial charge >= 0.3 is 0 Å². The lowest BCUT2D eigenvalue weighted by atomic mass is 9.87. The smallest absolute Gasteiger partial charge is 0.225 e. The van der Waals surface area contributed by atoms with Crippen LogP contribution < -0.4 is 0 Å². The fraction of sp³-hybridized carbons (Fsp3) is 1.00. The molecule has 3 nitrogen and oxygen atoms in total. The Hall–Kier alpha value is -0.120. The van der Waals surface area contributed by atoms with Gasteiger partial charge in [-0.3, -0.25) is 10.1 Å². The summed E-state index contributed by atoms with van der Waals surface area (Å²) in [7, 11) is 0. The lowest BCUT2D eigenvalue weighted by Gasteiger charge is -2.26. The first-order valence-corrected chi connectivity index (χ1v) is 4.82. The summed E-state index contributed by atoms with van der Waals surface area (Å²) in [6, 6.07) is -0.362. The third kappa shape index (κ3) is 1.92. The summed E-state index contributed by atoms with van der Waals surface area (Å²) in [5, 5.41) is 10.5. The molecule has 11 heavy (non-hydrogen) atoms. The summed E-state index contributed by atoms with van der Waals surface area (Å²) in [6.07, 6.45) is 2.84. The van der Waals surface area contributed by atoms with E-state index < -0.39 is 0 Å². The molecule has 64 valence electrons. The predicted molar refractivity (Wildman–Crippen MR) is 46.5 cm³/mol. The lowest BCUT2D eigenvalue weighted by molar-refractivity contribution is -0.525. The fourth-order valence-electron chi connectivity index (χ4n) is 1.57. The highest BCUT2D eigenvalue weighted by Crippen LogP contribution is 2.31. The molecule has 3 atom stereocenters. The van der Waals surface area contributed by atoms with Gasteiger partial charge in [0.05, 0.1) is 4.83 Å². The average Bonchev–Trinajstić information content (AvgIpc) is 1.94. The van der Waals surface area contributed by atoms with Gasteiger partial charge in [-0.25, -0.2) is 0 Å². The molecule has 0 aliphatic heterocycles. The standard InChI is InChI=1S/C7H12BrNO2/c1-5-3-2-4-6(7(5)8)9(10)11/h5-7H,2-4H2,1H3. The Bertz CT molecular complexity index is 163. The van der Waals surface area contributed by atoms with E-state index in [0.29, 0.717) is 5.92 Å². The van der Waals surface area contributed by atoms with Crippen LogP contribution in [-0.4, -0.2) is 15.8 Å². The molecule has 0 heterocycles. The molecule has 0 aromatic rings. The maximum Gasteiger partial charge on any atom is 0.225 e. The maximum absolute atomic E-state index is 10.5. The van der Waals surface area contributed by atoms with Crippen molar-refractivity contribution in [1.82, 2.24) is 0 Å². The maximum atomic E-state index is 10.5. The third-order valence-corrected chi connectivity index (χ3v) is 3.85. The van der Waals surface area contributed by atoms with Gasteiger partial charge < -0.3 is 0 Å². The minimum Gasteiger partial charge on any atom is -0.264 e. The summed E-state index contributed by atoms with van der Waals surface area (Å²) >= 11 is 3.38. The number of halogens is 1. The minimum atomic E-state index is -0.362. The SMILES string of the molecule is CC1CCCC([N+](=O)[O-])C1Br. The van der Waals surface area contributed by atoms with Crippen LogP contribution >= 0.6 is 15.9 Å². The van der Waals surface area contributed by atoms with E-state index in [1.165, 1.54) is 0 Å². The van der Waals surface area contributed by atoms with Crippen molar-refractivity contribution in [3.05, 3.63) is 10.1 Å². The van der Waals surface area contributed by atoms with Gasteiger partial charge in [0.15, 0.2) is 0 Å². The predicted octanol–water partition coefficient (Wildman–Crippen LogP) is 2.22. The zero-order valence-corrected chi connectivity index (χ0v) is 8.08. The van der Waals surface area contributed by atoms with Gasteiger partial charge in [-0.15, -0.1) is 0 Å². The molecule has 0 N–H and O–H groups in total. The van der Waals surface area contributed by atoms with Crippen LogP contribution in [0.1, 0.15) is 26.2 Å². The normalized spacial score (nSPS) is 38.5. The first kappa shape index (κ1) is 8.97. The number of nitrogens with zero attached hydrogens (tertiary/aromatic N) is 1. The van der Waals surface area contributed by atoms with Crippen LogP contribution in [0.5, 0.6) is 0 Å². The summed E-state index contributed by atoms with van der Waals surface area (Å²) in [4.78, 5) is 10.4. The van der Waals surface area contributed by atoms with E-state index in [1.807, 2.05) is 0 Å². The van der Waals surface area contributed by atoms with Gasteiger partial charge in [0.25, 0.3) is 0 Å². The van der Waals surface area contributed by atoms with Crippen LogP contribution in [0.15, 0.2) is 0 Å². The zero-order valence-electron chi connectivity index (χ0n) is 6.50. The molecule has 0 amide bonds. The Morgan fingerprint density at radius 2 is 2.18 bits per heavy atom. The van der Waals surface area contributed by atoms with Gasteiger partial charge in [-0.05, 0) is 18.8 Å². The summed E-state index contributed by atoms with van der Waals surface area (Å²) in [5.74, 6) is 0.444. The molecule has 0 saturated heterocycles. The number of alkyl halides is 1. The van der Waals surface area contributed by atoms with E-state index in [4.69, 9.17) is 0 Å². The van der Waals surface area contributed by atoms with E-state index >= 15 is 0 Å². The van der Waals surface area contributed by atoms with Gasteiger partial charge in [0.1, 0.15) is 0 Å². The van der Waals surface area contributed by atoms with Crippen LogP contribution in [0.4, 0.5) is 0 Å². The van der Waals surface area contributed by atoms with Crippen LogP contribution in [0.3, 0.4) is 0 Å². The monoisotopic (exact) mass is 221 g/mol. The van der Waals surface area contributed by atoms with Crippen molar-refractivity contribution in [2.24, 2.45) is 5.92 Å².